The summed E-state index contributed by atoms with van der Waals surface area (Å²) in [4.78, 5) is 7.78. The third-order valence-electron chi connectivity index (χ3n) is 2.41. The van der Waals surface area contributed by atoms with Crippen molar-refractivity contribution in [2.45, 2.75) is 4.90 Å². The van der Waals surface area contributed by atoms with Crippen LogP contribution in [0.3, 0.4) is 0 Å². The summed E-state index contributed by atoms with van der Waals surface area (Å²) >= 11 is 0. The van der Waals surface area contributed by atoms with Crippen molar-refractivity contribution in [3.05, 3.63) is 47.4 Å². The molecule has 0 fully saturated rings. The number of benzene rings is 1. The Morgan fingerprint density at radius 3 is 2.32 bits per heavy atom. The van der Waals surface area contributed by atoms with Crippen LogP contribution in [0.2, 0.25) is 0 Å². The normalized spacial score (nSPS) is 10.6. The summed E-state index contributed by atoms with van der Waals surface area (Å²) in [6, 6.07) is 7.88. The number of sulfonamides is 1. The molecule has 0 aliphatic carbocycles. The fourth-order valence-corrected chi connectivity index (χ4v) is 2.34. The van der Waals surface area contributed by atoms with E-state index in [0.29, 0.717) is 19.0 Å². The maximum atomic E-state index is 12.0. The molecule has 22 heavy (non-hydrogen) atoms. The maximum Gasteiger partial charge on any atom is 1.00 e. The van der Waals surface area contributed by atoms with Crippen molar-refractivity contribution in [3.8, 4) is 5.75 Å². The second kappa shape index (κ2) is 9.06. The minimum atomic E-state index is -3.81. The minimum Gasteiger partial charge on any atom is -0.491 e. The fourth-order valence-electron chi connectivity index (χ4n) is 1.43. The van der Waals surface area contributed by atoms with E-state index < -0.39 is 10.0 Å². The van der Waals surface area contributed by atoms with Crippen LogP contribution in [0.1, 0.15) is 0 Å². The van der Waals surface area contributed by atoms with Crippen LogP contribution >= 0.6 is 0 Å². The van der Waals surface area contributed by atoms with Crippen LogP contribution in [0.5, 0.6) is 5.75 Å². The molecular weight excluding hydrogens is 317 g/mol. The van der Waals surface area contributed by atoms with Gasteiger partial charge in [-0.25, -0.2) is 8.42 Å². The van der Waals surface area contributed by atoms with Crippen LogP contribution in [0.15, 0.2) is 47.6 Å². The molecule has 0 atom stereocenters. The fraction of sp³-hybridized carbons (Fsp3) is 0.231. The third kappa shape index (κ3) is 5.54. The SMILES string of the molecule is COCCOc1cnc([N-]S(=O)(=O)c2ccccc2)nc1.[Na+]. The van der Waals surface area contributed by atoms with Gasteiger partial charge in [-0.2, -0.15) is 0 Å². The Labute approximate surface area is 151 Å². The van der Waals surface area contributed by atoms with Crippen molar-refractivity contribution in [2.24, 2.45) is 0 Å². The Balaban J connectivity index is 0.00000242. The summed E-state index contributed by atoms with van der Waals surface area (Å²) in [5.74, 6) is 0.279. The minimum absolute atomic E-state index is 0. The van der Waals surface area contributed by atoms with Gasteiger partial charge >= 0.3 is 29.6 Å². The summed E-state index contributed by atoms with van der Waals surface area (Å²) in [6.07, 6.45) is 2.73. The van der Waals surface area contributed by atoms with Crippen LogP contribution in [0, 0.1) is 0 Å². The first-order chi connectivity index (χ1) is 10.1. The monoisotopic (exact) mass is 331 g/mol. The van der Waals surface area contributed by atoms with Crippen LogP contribution < -0.4 is 34.3 Å². The summed E-state index contributed by atoms with van der Waals surface area (Å²) in [5, 5.41) is 0. The first-order valence-electron chi connectivity index (χ1n) is 6.09. The van der Waals surface area contributed by atoms with E-state index >= 15 is 0 Å². The number of rotatable bonds is 7. The van der Waals surface area contributed by atoms with Crippen molar-refractivity contribution < 1.29 is 47.4 Å². The summed E-state index contributed by atoms with van der Waals surface area (Å²) < 4.78 is 37.7. The molecule has 1 aromatic carbocycles. The van der Waals surface area contributed by atoms with Gasteiger partial charge in [-0.15, -0.1) is 0 Å². The van der Waals surface area contributed by atoms with Crippen molar-refractivity contribution in [3.63, 3.8) is 0 Å². The number of nitrogens with zero attached hydrogens (tertiary/aromatic N) is 3. The molecule has 1 aromatic heterocycles. The quantitative estimate of drug-likeness (QED) is 0.472. The van der Waals surface area contributed by atoms with Gasteiger partial charge < -0.3 is 19.4 Å². The van der Waals surface area contributed by atoms with Gasteiger partial charge in [0.05, 0.1) is 11.5 Å². The van der Waals surface area contributed by atoms with Crippen molar-refractivity contribution >= 4 is 16.0 Å². The van der Waals surface area contributed by atoms with Crippen molar-refractivity contribution in [2.75, 3.05) is 20.3 Å². The second-order valence-corrected chi connectivity index (χ2v) is 5.54. The predicted octanol–water partition coefficient (Wildman–Crippen LogP) is -1.10. The van der Waals surface area contributed by atoms with E-state index in [4.69, 9.17) is 9.47 Å². The third-order valence-corrected chi connectivity index (χ3v) is 3.69. The average Bonchev–Trinajstić information content (AvgIpc) is 2.50. The number of methoxy groups -OCH3 is 1. The first-order valence-corrected chi connectivity index (χ1v) is 7.53. The zero-order valence-corrected chi connectivity index (χ0v) is 15.2. The van der Waals surface area contributed by atoms with Crippen molar-refractivity contribution in [1.82, 2.24) is 9.97 Å². The van der Waals surface area contributed by atoms with E-state index in [1.54, 1.807) is 25.3 Å². The van der Waals surface area contributed by atoms with E-state index in [0.717, 1.165) is 0 Å². The molecule has 0 unspecified atom stereocenters. The van der Waals surface area contributed by atoms with Gasteiger partial charge in [0.2, 0.25) is 10.0 Å². The number of aromatic nitrogens is 2. The summed E-state index contributed by atoms with van der Waals surface area (Å²) in [6.45, 7) is 0.799. The molecule has 0 aliphatic heterocycles. The summed E-state index contributed by atoms with van der Waals surface area (Å²) in [7, 11) is -2.24. The Hall–Kier alpha value is -1.19. The molecule has 112 valence electrons. The zero-order valence-electron chi connectivity index (χ0n) is 12.3. The Kier molecular flexibility index (Phi) is 7.77. The number of hydrogen-bond acceptors (Lipinski definition) is 6. The van der Waals surface area contributed by atoms with E-state index in [2.05, 4.69) is 14.7 Å². The molecule has 2 rings (SSSR count). The van der Waals surface area contributed by atoms with E-state index in [1.807, 2.05) is 0 Å². The zero-order chi connectivity index (χ0) is 15.1. The van der Waals surface area contributed by atoms with Gasteiger partial charge in [-0.05, 0) is 24.5 Å². The second-order valence-electron chi connectivity index (χ2n) is 3.94. The molecule has 2 aromatic rings. The Morgan fingerprint density at radius 2 is 1.73 bits per heavy atom. The van der Waals surface area contributed by atoms with Crippen LogP contribution in [-0.4, -0.2) is 38.7 Å². The maximum absolute atomic E-state index is 12.0. The van der Waals surface area contributed by atoms with Gasteiger partial charge in [0.1, 0.15) is 12.4 Å². The molecule has 0 radical (unpaired) electrons. The van der Waals surface area contributed by atoms with Gasteiger partial charge in [0.25, 0.3) is 0 Å². The topological polar surface area (TPSA) is 92.5 Å². The number of ether oxygens (including phenoxy) is 2. The molecule has 0 saturated carbocycles. The molecule has 1 heterocycles. The molecule has 0 bridgehead atoms. The molecular formula is C13H14N3NaO4S. The largest absolute Gasteiger partial charge is 1.00 e. The van der Waals surface area contributed by atoms with Gasteiger partial charge in [-0.3, -0.25) is 4.72 Å². The van der Waals surface area contributed by atoms with E-state index in [1.165, 1.54) is 24.5 Å². The number of hydrogen-bond donors (Lipinski definition) is 0. The molecule has 9 heteroatoms. The standard InChI is InChI=1S/C13H14N3O4S.Na/c1-19-7-8-20-11-9-14-13(15-10-11)16-21(17,18)12-5-3-2-4-6-12;/h2-6,9-10H,7-8H2,1H3;/q-1;+1. The van der Waals surface area contributed by atoms with Crippen LogP contribution in [-0.2, 0) is 14.8 Å². The van der Waals surface area contributed by atoms with Gasteiger partial charge in [-0.1, -0.05) is 18.2 Å². The smallest absolute Gasteiger partial charge is 0.491 e. The first kappa shape index (κ1) is 18.9. The molecule has 0 spiro atoms. The Morgan fingerprint density at radius 1 is 1.09 bits per heavy atom. The molecule has 0 saturated heterocycles. The Bertz CT molecular complexity index is 665. The molecule has 0 N–H and O–H groups in total. The molecule has 0 amide bonds. The van der Waals surface area contributed by atoms with Crippen LogP contribution in [0.4, 0.5) is 5.95 Å². The average molecular weight is 331 g/mol. The van der Waals surface area contributed by atoms with E-state index in [-0.39, 0.29) is 40.4 Å². The molecule has 0 aliphatic rings. The van der Waals surface area contributed by atoms with Crippen LogP contribution in [0.25, 0.3) is 4.72 Å². The summed E-state index contributed by atoms with van der Waals surface area (Å²) in [5.41, 5.74) is 0. The predicted molar refractivity (Wildman–Crippen MR) is 76.0 cm³/mol. The van der Waals surface area contributed by atoms with Crippen molar-refractivity contribution in [1.29, 1.82) is 0 Å². The van der Waals surface area contributed by atoms with Gasteiger partial charge in [0.15, 0.2) is 0 Å². The molecule has 7 nitrogen and oxygen atoms in total. The van der Waals surface area contributed by atoms with E-state index in [9.17, 15) is 8.42 Å². The van der Waals surface area contributed by atoms with Gasteiger partial charge in [0, 0.05) is 13.1 Å².